The molecule has 2 aromatic heterocycles. The van der Waals surface area contributed by atoms with E-state index in [2.05, 4.69) is 10.4 Å². The van der Waals surface area contributed by atoms with Gasteiger partial charge in [-0.25, -0.2) is 4.68 Å². The number of hydrogen-bond acceptors (Lipinski definition) is 3. The highest BCUT2D eigenvalue weighted by atomic mass is 35.5. The lowest BCUT2D eigenvalue weighted by atomic mass is 10.1. The van der Waals surface area contributed by atoms with Crippen LogP contribution in [0.3, 0.4) is 0 Å². The fourth-order valence-corrected chi connectivity index (χ4v) is 4.79. The molecule has 0 unspecified atom stereocenters. The maximum Gasteiger partial charge on any atom is 0.276 e. The highest BCUT2D eigenvalue weighted by Gasteiger charge is 2.25. The summed E-state index contributed by atoms with van der Waals surface area (Å²) in [5.74, 6) is -0.286. The van der Waals surface area contributed by atoms with Crippen LogP contribution in [-0.4, -0.2) is 15.7 Å². The third-order valence-corrected chi connectivity index (χ3v) is 6.30. The van der Waals surface area contributed by atoms with E-state index in [1.807, 2.05) is 49.4 Å². The number of benzene rings is 2. The third kappa shape index (κ3) is 4.12. The van der Waals surface area contributed by atoms with E-state index in [0.29, 0.717) is 37.9 Å². The summed E-state index contributed by atoms with van der Waals surface area (Å²) in [7, 11) is 0. The van der Waals surface area contributed by atoms with Crippen LogP contribution in [0.1, 0.15) is 23.0 Å². The van der Waals surface area contributed by atoms with Gasteiger partial charge in [0.25, 0.3) is 5.91 Å². The van der Waals surface area contributed by atoms with E-state index >= 15 is 0 Å². The molecule has 4 aromatic rings. The molecule has 0 saturated carbocycles. The zero-order valence-corrected chi connectivity index (χ0v) is 18.9. The average molecular weight is 477 g/mol. The number of halogens is 3. The highest BCUT2D eigenvalue weighted by molar-refractivity contribution is 7.19. The number of carbonyl (C=O) groups is 1. The van der Waals surface area contributed by atoms with Crippen molar-refractivity contribution in [3.63, 3.8) is 0 Å². The summed E-state index contributed by atoms with van der Waals surface area (Å²) in [6.45, 7) is 1.99. The minimum absolute atomic E-state index is 0.286. The van der Waals surface area contributed by atoms with Gasteiger partial charge in [-0.05, 0) is 48.9 Å². The average Bonchev–Trinajstić information content (AvgIpc) is 3.32. The van der Waals surface area contributed by atoms with E-state index in [4.69, 9.17) is 34.8 Å². The molecule has 4 rings (SSSR count). The summed E-state index contributed by atoms with van der Waals surface area (Å²) in [6.07, 6.45) is 0.605. The Labute approximate surface area is 193 Å². The third-order valence-electron chi connectivity index (χ3n) is 4.53. The molecule has 2 heterocycles. The second-order valence-electron chi connectivity index (χ2n) is 6.46. The topological polar surface area (TPSA) is 46.9 Å². The molecule has 0 atom stereocenters. The normalized spacial score (nSPS) is 10.9. The predicted octanol–water partition coefficient (Wildman–Crippen LogP) is 7.38. The molecule has 2 aromatic carbocycles. The number of thiophene rings is 1. The second-order valence-corrected chi connectivity index (χ2v) is 9.02. The van der Waals surface area contributed by atoms with E-state index < -0.39 is 0 Å². The molecule has 0 aliphatic rings. The number of hydrogen-bond donors (Lipinski definition) is 1. The Balaban J connectivity index is 1.89. The van der Waals surface area contributed by atoms with E-state index in [0.717, 1.165) is 16.1 Å². The maximum atomic E-state index is 13.1. The first-order valence-corrected chi connectivity index (χ1v) is 11.1. The maximum absolute atomic E-state index is 13.1. The minimum atomic E-state index is -0.286. The number of aromatic nitrogens is 2. The monoisotopic (exact) mass is 475 g/mol. The fourth-order valence-electron chi connectivity index (χ4n) is 3.20. The summed E-state index contributed by atoms with van der Waals surface area (Å²) in [5, 5.41) is 8.54. The Hall–Kier alpha value is -2.31. The molecular formula is C22H16Cl3N3OS. The zero-order chi connectivity index (χ0) is 21.3. The molecule has 1 N–H and O–H groups in total. The summed E-state index contributed by atoms with van der Waals surface area (Å²) >= 11 is 20.2. The van der Waals surface area contributed by atoms with E-state index in [1.165, 1.54) is 11.3 Å². The number of amides is 1. The van der Waals surface area contributed by atoms with Crippen LogP contribution in [0.2, 0.25) is 14.4 Å². The van der Waals surface area contributed by atoms with Crippen LogP contribution in [0.15, 0.2) is 60.7 Å². The summed E-state index contributed by atoms with van der Waals surface area (Å²) in [6, 6.07) is 18.2. The van der Waals surface area contributed by atoms with Crippen LogP contribution in [0.4, 0.5) is 5.69 Å². The van der Waals surface area contributed by atoms with E-state index in [9.17, 15) is 4.79 Å². The Kier molecular flexibility index (Phi) is 6.16. The van der Waals surface area contributed by atoms with Crippen molar-refractivity contribution in [1.29, 1.82) is 0 Å². The Morgan fingerprint density at radius 1 is 1.07 bits per heavy atom. The molecule has 0 aliphatic heterocycles. The molecule has 0 fully saturated rings. The van der Waals surface area contributed by atoms with Gasteiger partial charge in [0.1, 0.15) is 0 Å². The van der Waals surface area contributed by atoms with Gasteiger partial charge in [0.15, 0.2) is 5.69 Å². The molecule has 8 heteroatoms. The summed E-state index contributed by atoms with van der Waals surface area (Å²) in [5.41, 5.74) is 3.27. The van der Waals surface area contributed by atoms with Crippen molar-refractivity contribution in [3.05, 3.63) is 86.3 Å². The molecular weight excluding hydrogens is 461 g/mol. The quantitative estimate of drug-likeness (QED) is 0.327. The fraction of sp³-hybridized carbons (Fsp3) is 0.0909. The van der Waals surface area contributed by atoms with E-state index in [1.54, 1.807) is 22.9 Å². The molecule has 4 nitrogen and oxygen atoms in total. The predicted molar refractivity (Wildman–Crippen MR) is 126 cm³/mol. The number of nitrogens with one attached hydrogen (secondary N) is 1. The van der Waals surface area contributed by atoms with Crippen molar-refractivity contribution in [3.8, 4) is 16.3 Å². The van der Waals surface area contributed by atoms with Gasteiger partial charge < -0.3 is 5.32 Å². The summed E-state index contributed by atoms with van der Waals surface area (Å²) < 4.78 is 2.34. The Morgan fingerprint density at radius 2 is 1.83 bits per heavy atom. The zero-order valence-electron chi connectivity index (χ0n) is 15.8. The van der Waals surface area contributed by atoms with Crippen LogP contribution in [-0.2, 0) is 6.42 Å². The van der Waals surface area contributed by atoms with Crippen molar-refractivity contribution in [2.75, 3.05) is 5.32 Å². The Morgan fingerprint density at radius 3 is 2.47 bits per heavy atom. The molecule has 0 aliphatic carbocycles. The first kappa shape index (κ1) is 20.9. The van der Waals surface area contributed by atoms with Gasteiger partial charge in [-0.2, -0.15) is 5.10 Å². The number of nitrogens with zero attached hydrogens (tertiary/aromatic N) is 2. The van der Waals surface area contributed by atoms with Crippen molar-refractivity contribution in [2.45, 2.75) is 13.3 Å². The van der Waals surface area contributed by atoms with Crippen molar-refractivity contribution < 1.29 is 4.79 Å². The van der Waals surface area contributed by atoms with Gasteiger partial charge >= 0.3 is 0 Å². The van der Waals surface area contributed by atoms with Crippen molar-refractivity contribution in [2.24, 2.45) is 0 Å². The van der Waals surface area contributed by atoms with Crippen LogP contribution in [0.25, 0.3) is 16.3 Å². The van der Waals surface area contributed by atoms with Gasteiger partial charge in [-0.3, -0.25) is 4.79 Å². The highest BCUT2D eigenvalue weighted by Crippen LogP contribution is 2.38. The lowest BCUT2D eigenvalue weighted by Crippen LogP contribution is -2.14. The molecule has 1 amide bonds. The molecule has 0 radical (unpaired) electrons. The number of rotatable bonds is 5. The molecule has 0 spiro atoms. The lowest BCUT2D eigenvalue weighted by Gasteiger charge is -2.09. The first-order chi connectivity index (χ1) is 14.5. The number of anilines is 1. The van der Waals surface area contributed by atoms with Gasteiger partial charge in [0.05, 0.1) is 25.6 Å². The Bertz CT molecular complexity index is 1220. The first-order valence-electron chi connectivity index (χ1n) is 9.17. The van der Waals surface area contributed by atoms with Crippen LogP contribution >= 0.6 is 46.1 Å². The largest absolute Gasteiger partial charge is 0.321 e. The van der Waals surface area contributed by atoms with Crippen molar-refractivity contribution in [1.82, 2.24) is 9.78 Å². The van der Waals surface area contributed by atoms with E-state index in [-0.39, 0.29) is 5.91 Å². The smallest absolute Gasteiger partial charge is 0.276 e. The van der Waals surface area contributed by atoms with Gasteiger partial charge in [0.2, 0.25) is 0 Å². The van der Waals surface area contributed by atoms with Crippen LogP contribution in [0.5, 0.6) is 0 Å². The van der Waals surface area contributed by atoms with Gasteiger partial charge in [-0.15, -0.1) is 11.3 Å². The SMILES string of the molecule is CCc1c(C(=O)Nc2ccccc2)nn(-c2ccc(Cl)cc2Cl)c1-c1ccc(Cl)s1. The number of carbonyl (C=O) groups excluding carboxylic acids is 1. The molecule has 152 valence electrons. The number of para-hydroxylation sites is 1. The minimum Gasteiger partial charge on any atom is -0.321 e. The van der Waals surface area contributed by atoms with Crippen molar-refractivity contribution >= 4 is 57.7 Å². The second kappa shape index (κ2) is 8.82. The lowest BCUT2D eigenvalue weighted by molar-refractivity contribution is 0.102. The molecule has 30 heavy (non-hydrogen) atoms. The standard InChI is InChI=1S/C22H16Cl3N3OS/c1-2-15-20(22(29)26-14-6-4-3-5-7-14)27-28(17-9-8-13(23)12-16(17)24)21(15)18-10-11-19(25)30-18/h3-12H,2H2,1H3,(H,26,29). The van der Waals surface area contributed by atoms with Gasteiger partial charge in [0, 0.05) is 16.3 Å². The summed E-state index contributed by atoms with van der Waals surface area (Å²) in [4.78, 5) is 14.0. The van der Waals surface area contributed by atoms with Crippen LogP contribution in [0, 0.1) is 0 Å². The molecule has 0 saturated heterocycles. The molecule has 0 bridgehead atoms. The van der Waals surface area contributed by atoms with Gasteiger partial charge in [-0.1, -0.05) is 59.9 Å². The van der Waals surface area contributed by atoms with Crippen LogP contribution < -0.4 is 5.32 Å².